The molecule has 1 aliphatic heterocycles. The van der Waals surface area contributed by atoms with Crippen molar-refractivity contribution in [3.8, 4) is 5.75 Å². The summed E-state index contributed by atoms with van der Waals surface area (Å²) in [6, 6.07) is 13.2. The van der Waals surface area contributed by atoms with Crippen LogP contribution in [0.1, 0.15) is 37.4 Å². The van der Waals surface area contributed by atoms with Crippen LogP contribution in [0.5, 0.6) is 5.75 Å². The van der Waals surface area contributed by atoms with Crippen LogP contribution in [0.4, 0.5) is 10.1 Å². The van der Waals surface area contributed by atoms with E-state index in [1.165, 1.54) is 6.07 Å². The van der Waals surface area contributed by atoms with E-state index in [2.05, 4.69) is 10.3 Å². The maximum absolute atomic E-state index is 14.4. The summed E-state index contributed by atoms with van der Waals surface area (Å²) in [5.74, 6) is 1.00. The Labute approximate surface area is 160 Å². The third-order valence-electron chi connectivity index (χ3n) is 4.83. The number of ether oxygens (including phenoxy) is 1. The summed E-state index contributed by atoms with van der Waals surface area (Å²) in [5.41, 5.74) is 8.56. The van der Waals surface area contributed by atoms with Crippen molar-refractivity contribution in [1.29, 1.82) is 0 Å². The van der Waals surface area contributed by atoms with Crippen LogP contribution >= 0.6 is 0 Å². The molecule has 0 aliphatic carbocycles. The molecule has 0 aromatic heterocycles. The topological polar surface area (TPSA) is 62.9 Å². The first-order valence-corrected chi connectivity index (χ1v) is 9.44. The first-order chi connectivity index (χ1) is 13.1. The van der Waals surface area contributed by atoms with Gasteiger partial charge in [0.05, 0.1) is 24.9 Å². The summed E-state index contributed by atoms with van der Waals surface area (Å²) in [6.07, 6.45) is 0.820. The lowest BCUT2D eigenvalue weighted by Gasteiger charge is -2.27. The van der Waals surface area contributed by atoms with Crippen LogP contribution in [0.2, 0.25) is 0 Å². The number of rotatable bonds is 6. The predicted octanol–water partition coefficient (Wildman–Crippen LogP) is 3.60. The van der Waals surface area contributed by atoms with Crippen molar-refractivity contribution in [3.63, 3.8) is 0 Å². The van der Waals surface area contributed by atoms with E-state index in [4.69, 9.17) is 10.5 Å². The average molecular weight is 370 g/mol. The van der Waals surface area contributed by atoms with E-state index in [9.17, 15) is 4.39 Å². The Morgan fingerprint density at radius 1 is 1.26 bits per heavy atom. The minimum Gasteiger partial charge on any atom is -0.493 e. The highest BCUT2D eigenvalue weighted by Crippen LogP contribution is 2.31. The molecule has 2 aromatic carbocycles. The van der Waals surface area contributed by atoms with E-state index in [1.807, 2.05) is 55.1 Å². The van der Waals surface area contributed by atoms with Gasteiger partial charge in [0.2, 0.25) is 0 Å². The second-order valence-electron chi connectivity index (χ2n) is 6.53. The number of nitrogens with zero attached hydrogens (tertiary/aromatic N) is 2. The molecule has 2 aromatic rings. The van der Waals surface area contributed by atoms with Crippen LogP contribution in [-0.2, 0) is 6.54 Å². The van der Waals surface area contributed by atoms with E-state index in [0.717, 1.165) is 36.4 Å². The highest BCUT2D eigenvalue weighted by atomic mass is 19.1. The quantitative estimate of drug-likeness (QED) is 0.602. The van der Waals surface area contributed by atoms with Gasteiger partial charge < -0.3 is 20.7 Å². The van der Waals surface area contributed by atoms with E-state index in [-0.39, 0.29) is 11.9 Å². The largest absolute Gasteiger partial charge is 0.493 e. The molecule has 0 saturated heterocycles. The van der Waals surface area contributed by atoms with Crippen molar-refractivity contribution in [1.82, 2.24) is 5.32 Å². The van der Waals surface area contributed by atoms with Crippen LogP contribution in [0, 0.1) is 5.82 Å². The molecule has 144 valence electrons. The van der Waals surface area contributed by atoms with Crippen LogP contribution < -0.4 is 20.7 Å². The maximum Gasteiger partial charge on any atom is 0.189 e. The maximum atomic E-state index is 14.4. The Balaban J connectivity index is 1.65. The van der Waals surface area contributed by atoms with Gasteiger partial charge >= 0.3 is 0 Å². The number of halogens is 1. The van der Waals surface area contributed by atoms with Crippen LogP contribution in [0.25, 0.3) is 0 Å². The molecule has 3 rings (SSSR count). The van der Waals surface area contributed by atoms with E-state index >= 15 is 0 Å². The second-order valence-corrected chi connectivity index (χ2v) is 6.53. The number of hydrogen-bond donors (Lipinski definition) is 2. The molecule has 1 unspecified atom stereocenters. The van der Waals surface area contributed by atoms with Gasteiger partial charge in [0.15, 0.2) is 5.96 Å². The monoisotopic (exact) mass is 370 g/mol. The molecule has 0 fully saturated rings. The molecule has 1 atom stereocenters. The minimum atomic E-state index is -0.226. The molecule has 6 heteroatoms. The zero-order valence-corrected chi connectivity index (χ0v) is 15.9. The van der Waals surface area contributed by atoms with E-state index in [1.54, 1.807) is 0 Å². The van der Waals surface area contributed by atoms with Gasteiger partial charge in [0, 0.05) is 25.1 Å². The average Bonchev–Trinajstić information content (AvgIpc) is 2.69. The van der Waals surface area contributed by atoms with Crippen LogP contribution in [0.3, 0.4) is 0 Å². The first-order valence-electron chi connectivity index (χ1n) is 9.44. The lowest BCUT2D eigenvalue weighted by atomic mass is 10.0. The summed E-state index contributed by atoms with van der Waals surface area (Å²) in [5, 5.41) is 3.25. The standard InChI is InChI=1S/C21H27FN4O/c1-3-26(4-2)19-10-9-15(13-17(19)22)14-24-21(23)25-18-11-12-27-20-8-6-5-7-16(18)20/h5-10,13,18H,3-4,11-12,14H2,1-2H3,(H3,23,24,25). The number of nitrogens with one attached hydrogen (secondary N) is 1. The molecule has 0 saturated carbocycles. The SMILES string of the molecule is CCN(CC)c1ccc(CN=C(N)NC2CCOc3ccccc32)cc1F. The molecule has 3 N–H and O–H groups in total. The Kier molecular flexibility index (Phi) is 6.16. The Morgan fingerprint density at radius 2 is 2.04 bits per heavy atom. The molecule has 27 heavy (non-hydrogen) atoms. The molecule has 1 aliphatic rings. The molecular weight excluding hydrogens is 343 g/mol. The van der Waals surface area contributed by atoms with Gasteiger partial charge in [-0.05, 0) is 37.6 Å². The van der Waals surface area contributed by atoms with Gasteiger partial charge in [-0.3, -0.25) is 0 Å². The summed E-state index contributed by atoms with van der Waals surface area (Å²) >= 11 is 0. The molecule has 0 radical (unpaired) electrons. The highest BCUT2D eigenvalue weighted by molar-refractivity contribution is 5.78. The molecule has 0 spiro atoms. The number of aliphatic imine (C=N–C) groups is 1. The van der Waals surface area contributed by atoms with Crippen molar-refractivity contribution in [2.24, 2.45) is 10.7 Å². The number of hydrogen-bond acceptors (Lipinski definition) is 3. The van der Waals surface area contributed by atoms with Gasteiger partial charge in [0.1, 0.15) is 11.6 Å². The van der Waals surface area contributed by atoms with Crippen LogP contribution in [0.15, 0.2) is 47.5 Å². The Morgan fingerprint density at radius 3 is 2.78 bits per heavy atom. The molecule has 0 bridgehead atoms. The van der Waals surface area contributed by atoms with Crippen molar-refractivity contribution in [2.75, 3.05) is 24.6 Å². The predicted molar refractivity (Wildman–Crippen MR) is 108 cm³/mol. The fourth-order valence-corrected chi connectivity index (χ4v) is 3.36. The number of benzene rings is 2. The second kappa shape index (κ2) is 8.75. The van der Waals surface area contributed by atoms with Gasteiger partial charge in [-0.2, -0.15) is 0 Å². The zero-order valence-electron chi connectivity index (χ0n) is 15.9. The Bertz CT molecular complexity index is 805. The van der Waals surface area contributed by atoms with Crippen molar-refractivity contribution < 1.29 is 9.13 Å². The number of nitrogens with two attached hydrogens (primary N) is 1. The summed E-state index contributed by atoms with van der Waals surface area (Å²) < 4.78 is 20.0. The van der Waals surface area contributed by atoms with Gasteiger partial charge in [-0.25, -0.2) is 9.38 Å². The summed E-state index contributed by atoms with van der Waals surface area (Å²) in [7, 11) is 0. The summed E-state index contributed by atoms with van der Waals surface area (Å²) in [4.78, 5) is 6.37. The van der Waals surface area contributed by atoms with E-state index in [0.29, 0.717) is 24.8 Å². The normalized spacial score (nSPS) is 16.4. The molecule has 0 amide bonds. The van der Waals surface area contributed by atoms with Gasteiger partial charge in [-0.15, -0.1) is 0 Å². The number of anilines is 1. The molecule has 5 nitrogen and oxygen atoms in total. The van der Waals surface area contributed by atoms with Crippen molar-refractivity contribution in [2.45, 2.75) is 32.9 Å². The number of guanidine groups is 1. The molecule has 1 heterocycles. The third kappa shape index (κ3) is 4.51. The zero-order chi connectivity index (χ0) is 19.2. The first kappa shape index (κ1) is 19.0. The number of fused-ring (bicyclic) bond motifs is 1. The molecular formula is C21H27FN4O. The van der Waals surface area contributed by atoms with Gasteiger partial charge in [0.25, 0.3) is 0 Å². The number of para-hydroxylation sites is 1. The Hall–Kier alpha value is -2.76. The minimum absolute atomic E-state index is 0.0699. The summed E-state index contributed by atoms with van der Waals surface area (Å²) in [6.45, 7) is 6.55. The lowest BCUT2D eigenvalue weighted by molar-refractivity contribution is 0.262. The fraction of sp³-hybridized carbons (Fsp3) is 0.381. The van der Waals surface area contributed by atoms with Crippen molar-refractivity contribution >= 4 is 11.6 Å². The van der Waals surface area contributed by atoms with Gasteiger partial charge in [-0.1, -0.05) is 24.3 Å². The lowest BCUT2D eigenvalue weighted by Crippen LogP contribution is -2.37. The van der Waals surface area contributed by atoms with Crippen LogP contribution in [-0.4, -0.2) is 25.7 Å². The van der Waals surface area contributed by atoms with Crippen molar-refractivity contribution in [3.05, 3.63) is 59.4 Å². The smallest absolute Gasteiger partial charge is 0.189 e. The highest BCUT2D eigenvalue weighted by Gasteiger charge is 2.21. The third-order valence-corrected chi connectivity index (χ3v) is 4.83. The van der Waals surface area contributed by atoms with E-state index < -0.39 is 0 Å². The fourth-order valence-electron chi connectivity index (χ4n) is 3.36.